The molecule has 170 valence electrons. The van der Waals surface area contributed by atoms with Crippen LogP contribution in [0.5, 0.6) is 11.5 Å². The minimum Gasteiger partial charge on any atom is -0.873 e. The summed E-state index contributed by atoms with van der Waals surface area (Å²) in [6.07, 6.45) is 7.70. The molecule has 0 unspecified atom stereocenters. The van der Waals surface area contributed by atoms with Crippen LogP contribution in [0, 0.1) is 17.3 Å². The predicted molar refractivity (Wildman–Crippen MR) is 122 cm³/mol. The van der Waals surface area contributed by atoms with Crippen LogP contribution >= 0.6 is 0 Å². The minimum absolute atomic E-state index is 0.426. The molecule has 32 heavy (non-hydrogen) atoms. The predicted octanol–water partition coefficient (Wildman–Crippen LogP) is 4.76. The highest BCUT2D eigenvalue weighted by Crippen LogP contribution is 2.54. The molecule has 4 nitrogen and oxygen atoms in total. The Labute approximate surface area is 190 Å². The number of hydrogen-bond acceptors (Lipinski definition) is 4. The van der Waals surface area contributed by atoms with E-state index in [0.717, 1.165) is 31.3 Å². The van der Waals surface area contributed by atoms with Gasteiger partial charge >= 0.3 is 0 Å². The van der Waals surface area contributed by atoms with E-state index in [1.54, 1.807) is 0 Å². The Hall–Kier alpha value is -2.62. The summed E-state index contributed by atoms with van der Waals surface area (Å²) in [5.41, 5.74) is 3.61. The van der Waals surface area contributed by atoms with E-state index in [1.807, 2.05) is 53.7 Å². The molecule has 0 heterocycles. The number of rotatable bonds is 2. The van der Waals surface area contributed by atoms with Crippen LogP contribution in [0.15, 0.2) is 41.0 Å². The molecule has 2 saturated carbocycles. The molecule has 1 aromatic rings. The number of ketones is 2. The van der Waals surface area contributed by atoms with E-state index in [-0.39, 0.29) is 0 Å². The average Bonchev–Trinajstić information content (AvgIpc) is 3.25. The second-order valence-corrected chi connectivity index (χ2v) is 11.6. The van der Waals surface area contributed by atoms with Gasteiger partial charge in [-0.15, -0.1) is 11.5 Å². The zero-order valence-corrected chi connectivity index (χ0v) is 19.9. The topological polar surface area (TPSA) is 80.3 Å². The minimum atomic E-state index is -0.519. The SMILES string of the molecule is CC(C)(C)C1=CC(C(=C2C3CCC2CC3)c2cc([O-])c([O-])c(C(C)(C)C)c2)=CC(=O)C1=O. The smallest absolute Gasteiger partial charge is 0.229 e. The Balaban J connectivity index is 2.01. The van der Waals surface area contributed by atoms with Gasteiger partial charge in [0, 0.05) is 5.57 Å². The van der Waals surface area contributed by atoms with E-state index in [4.69, 9.17) is 0 Å². The summed E-state index contributed by atoms with van der Waals surface area (Å²) in [5, 5.41) is 25.4. The van der Waals surface area contributed by atoms with Crippen molar-refractivity contribution in [3.63, 3.8) is 0 Å². The van der Waals surface area contributed by atoms with Crippen molar-refractivity contribution >= 4 is 17.1 Å². The van der Waals surface area contributed by atoms with Gasteiger partial charge in [0.25, 0.3) is 0 Å². The molecular weight excluding hydrogens is 400 g/mol. The van der Waals surface area contributed by atoms with Gasteiger partial charge in [-0.25, -0.2) is 0 Å². The van der Waals surface area contributed by atoms with Crippen molar-refractivity contribution in [1.29, 1.82) is 0 Å². The Kier molecular flexibility index (Phi) is 5.27. The van der Waals surface area contributed by atoms with Crippen molar-refractivity contribution in [2.75, 3.05) is 0 Å². The van der Waals surface area contributed by atoms with Crippen LogP contribution in [-0.4, -0.2) is 11.6 Å². The van der Waals surface area contributed by atoms with E-state index >= 15 is 0 Å². The highest BCUT2D eigenvalue weighted by Gasteiger charge is 2.40. The molecule has 0 atom stereocenters. The van der Waals surface area contributed by atoms with E-state index in [1.165, 1.54) is 17.7 Å². The Morgan fingerprint density at radius 1 is 0.844 bits per heavy atom. The van der Waals surface area contributed by atoms with Gasteiger partial charge in [0.15, 0.2) is 0 Å². The number of carbonyl (C=O) groups is 2. The first-order chi connectivity index (χ1) is 14.8. The van der Waals surface area contributed by atoms with Crippen LogP contribution in [-0.2, 0) is 15.0 Å². The van der Waals surface area contributed by atoms with Gasteiger partial charge < -0.3 is 10.2 Å². The van der Waals surface area contributed by atoms with Gasteiger partial charge in [-0.05, 0) is 77.2 Å². The van der Waals surface area contributed by atoms with Crippen molar-refractivity contribution in [2.45, 2.75) is 72.6 Å². The van der Waals surface area contributed by atoms with Crippen LogP contribution in [0.3, 0.4) is 0 Å². The fourth-order valence-corrected chi connectivity index (χ4v) is 5.56. The van der Waals surface area contributed by atoms with Crippen molar-refractivity contribution < 1.29 is 19.8 Å². The van der Waals surface area contributed by atoms with Gasteiger partial charge in [0.1, 0.15) is 0 Å². The van der Waals surface area contributed by atoms with Gasteiger partial charge in [-0.3, -0.25) is 9.59 Å². The molecule has 1 aromatic carbocycles. The summed E-state index contributed by atoms with van der Waals surface area (Å²) in [7, 11) is 0. The Bertz CT molecular complexity index is 1080. The molecule has 0 aliphatic heterocycles. The molecule has 0 radical (unpaired) electrons. The van der Waals surface area contributed by atoms with Crippen molar-refractivity contribution in [3.05, 3.63) is 52.1 Å². The molecule has 0 aromatic heterocycles. The number of hydrogen-bond donors (Lipinski definition) is 0. The molecule has 0 amide bonds. The highest BCUT2D eigenvalue weighted by atomic mass is 16.3. The first-order valence-electron chi connectivity index (χ1n) is 11.6. The van der Waals surface area contributed by atoms with Gasteiger partial charge in [-0.1, -0.05) is 64.8 Å². The monoisotopic (exact) mass is 432 g/mol. The maximum absolute atomic E-state index is 12.7. The van der Waals surface area contributed by atoms with Crippen LogP contribution in [0.2, 0.25) is 0 Å². The van der Waals surface area contributed by atoms with E-state index < -0.39 is 33.9 Å². The number of fused-ring (bicyclic) bond motifs is 2. The molecule has 2 bridgehead atoms. The molecule has 3 aliphatic carbocycles. The normalized spacial score (nSPS) is 23.5. The zero-order valence-electron chi connectivity index (χ0n) is 19.9. The molecule has 0 N–H and O–H groups in total. The van der Waals surface area contributed by atoms with E-state index in [0.29, 0.717) is 34.1 Å². The second kappa shape index (κ2) is 7.47. The lowest BCUT2D eigenvalue weighted by Gasteiger charge is -2.33. The first kappa shape index (κ1) is 22.6. The number of carbonyl (C=O) groups excluding carboxylic acids is 2. The summed E-state index contributed by atoms with van der Waals surface area (Å²) in [6.45, 7) is 11.6. The number of benzene rings is 1. The van der Waals surface area contributed by atoms with Gasteiger partial charge in [0.2, 0.25) is 11.6 Å². The zero-order chi connectivity index (χ0) is 23.6. The van der Waals surface area contributed by atoms with Crippen LogP contribution in [0.25, 0.3) is 5.57 Å². The van der Waals surface area contributed by atoms with Gasteiger partial charge in [-0.2, -0.15) is 0 Å². The molecule has 2 fully saturated rings. The third-order valence-electron chi connectivity index (χ3n) is 7.20. The lowest BCUT2D eigenvalue weighted by Crippen LogP contribution is -2.27. The summed E-state index contributed by atoms with van der Waals surface area (Å²) in [4.78, 5) is 25.4. The first-order valence-corrected chi connectivity index (χ1v) is 11.6. The summed E-state index contributed by atoms with van der Waals surface area (Å²) in [6, 6.07) is 3.28. The van der Waals surface area contributed by atoms with E-state index in [9.17, 15) is 19.8 Å². The molecule has 3 aliphatic rings. The summed E-state index contributed by atoms with van der Waals surface area (Å²) >= 11 is 0. The molecular formula is C28H32O4-2. The lowest BCUT2D eigenvalue weighted by molar-refractivity contribution is -0.318. The maximum Gasteiger partial charge on any atom is 0.229 e. The average molecular weight is 433 g/mol. The van der Waals surface area contributed by atoms with Crippen LogP contribution in [0.1, 0.15) is 78.4 Å². The number of Topliss-reactive ketones (excluding diaryl/α,β-unsaturated/α-hetero) is 1. The van der Waals surface area contributed by atoms with Crippen molar-refractivity contribution in [3.8, 4) is 11.5 Å². The van der Waals surface area contributed by atoms with Crippen LogP contribution in [0.4, 0.5) is 0 Å². The standard InChI is InChI=1S/C28H34O4/c1-27(2,3)19-11-17(13-21(29)25(19)31)24(23-15-7-8-16(23)10-9-15)18-12-20(28(4,5)6)26(32)22(30)14-18/h11-16,29,31H,7-10H2,1-6H3/p-2. The van der Waals surface area contributed by atoms with Crippen molar-refractivity contribution in [1.82, 2.24) is 0 Å². The van der Waals surface area contributed by atoms with Gasteiger partial charge in [0.05, 0.1) is 0 Å². The highest BCUT2D eigenvalue weighted by molar-refractivity contribution is 6.49. The summed E-state index contributed by atoms with van der Waals surface area (Å²) < 4.78 is 0. The van der Waals surface area contributed by atoms with Crippen LogP contribution < -0.4 is 10.2 Å². The lowest BCUT2D eigenvalue weighted by atomic mass is 9.76. The third kappa shape index (κ3) is 3.74. The number of allylic oxidation sites excluding steroid dienone is 6. The summed E-state index contributed by atoms with van der Waals surface area (Å²) in [5.74, 6) is -1.11. The van der Waals surface area contributed by atoms with Crippen molar-refractivity contribution in [2.24, 2.45) is 17.3 Å². The molecule has 4 rings (SSSR count). The Morgan fingerprint density at radius 3 is 1.91 bits per heavy atom. The van der Waals surface area contributed by atoms with E-state index in [2.05, 4.69) is 0 Å². The molecule has 4 heteroatoms. The largest absolute Gasteiger partial charge is 0.873 e. The maximum atomic E-state index is 12.7. The molecule has 0 spiro atoms. The Morgan fingerprint density at radius 2 is 1.41 bits per heavy atom. The fourth-order valence-electron chi connectivity index (χ4n) is 5.56. The fraction of sp³-hybridized carbons (Fsp3) is 0.500. The quantitative estimate of drug-likeness (QED) is 0.499. The molecule has 0 saturated heterocycles. The third-order valence-corrected chi connectivity index (χ3v) is 7.20. The second-order valence-electron chi connectivity index (χ2n) is 11.6.